The smallest absolute Gasteiger partial charge is 0.462 e. The highest BCUT2D eigenvalue weighted by atomic mass is 31.2. The quantitative estimate of drug-likeness (QED) is 0.0234. The van der Waals surface area contributed by atoms with Crippen molar-refractivity contribution in [1.82, 2.24) is 0 Å². The number of rotatable bonds is 47. The molecule has 0 aliphatic rings. The normalized spacial score (nSPS) is 13.8. The van der Waals surface area contributed by atoms with Crippen LogP contribution in [0.3, 0.4) is 0 Å². The maximum absolute atomic E-state index is 12.6. The van der Waals surface area contributed by atoms with Crippen LogP contribution in [0.1, 0.15) is 245 Å². The highest BCUT2D eigenvalue weighted by molar-refractivity contribution is 7.47. The maximum Gasteiger partial charge on any atom is 0.472 e. The molecule has 0 saturated carbocycles. The minimum Gasteiger partial charge on any atom is -0.462 e. The summed E-state index contributed by atoms with van der Waals surface area (Å²) in [5.74, 6) is -0.920. The first-order valence-corrected chi connectivity index (χ1v) is 26.1. The number of phosphoric acid groups is 1. The van der Waals surface area contributed by atoms with Crippen molar-refractivity contribution in [3.63, 3.8) is 0 Å². The number of unbranched alkanes of at least 4 members (excludes halogenated alkanes) is 31. The van der Waals surface area contributed by atoms with E-state index >= 15 is 0 Å². The molecular weight excluding hydrogens is 767 g/mol. The molecule has 0 aliphatic heterocycles. The van der Waals surface area contributed by atoms with Crippen molar-refractivity contribution in [1.29, 1.82) is 0 Å². The van der Waals surface area contributed by atoms with Crippen LogP contribution in [0.25, 0.3) is 0 Å². The van der Waals surface area contributed by atoms with Crippen molar-refractivity contribution in [2.75, 3.05) is 26.4 Å². The summed E-state index contributed by atoms with van der Waals surface area (Å²) in [5, 5.41) is 18.4. The number of hydrogen-bond donors (Lipinski definition) is 3. The first kappa shape index (κ1) is 57.7. The third-order valence-electron chi connectivity index (χ3n) is 10.9. The number of carbonyl (C=O) groups is 2. The van der Waals surface area contributed by atoms with Gasteiger partial charge in [-0.05, 0) is 38.5 Å². The summed E-state index contributed by atoms with van der Waals surface area (Å²) in [6, 6.07) is 0. The first-order valence-electron chi connectivity index (χ1n) is 24.6. The van der Waals surface area contributed by atoms with Crippen molar-refractivity contribution >= 4 is 19.8 Å². The van der Waals surface area contributed by atoms with Gasteiger partial charge < -0.3 is 24.6 Å². The topological polar surface area (TPSA) is 149 Å². The highest BCUT2D eigenvalue weighted by Gasteiger charge is 2.27. The van der Waals surface area contributed by atoms with Crippen LogP contribution in [0, 0.1) is 0 Å². The predicted molar refractivity (Wildman–Crippen MR) is 242 cm³/mol. The molecule has 0 aromatic carbocycles. The van der Waals surface area contributed by atoms with E-state index in [1.165, 1.54) is 154 Å². The summed E-state index contributed by atoms with van der Waals surface area (Å²) in [5.41, 5.74) is 0. The zero-order chi connectivity index (χ0) is 43.3. The third-order valence-corrected chi connectivity index (χ3v) is 11.9. The molecule has 0 spiro atoms. The lowest BCUT2D eigenvalue weighted by atomic mass is 10.0. The van der Waals surface area contributed by atoms with Crippen LogP contribution in [0.4, 0.5) is 0 Å². The molecule has 0 saturated heterocycles. The maximum atomic E-state index is 12.6. The monoisotopic (exact) mass is 861 g/mol. The lowest BCUT2D eigenvalue weighted by Crippen LogP contribution is -2.29. The molecular formula is C48H93O10P. The minimum atomic E-state index is -4.62. The number of carbonyl (C=O) groups excluding carboxylic acids is 2. The molecule has 0 aliphatic carbocycles. The van der Waals surface area contributed by atoms with Crippen LogP contribution >= 0.6 is 7.82 Å². The van der Waals surface area contributed by atoms with Gasteiger partial charge in [0, 0.05) is 12.8 Å². The molecule has 350 valence electrons. The van der Waals surface area contributed by atoms with Crippen molar-refractivity contribution in [3.8, 4) is 0 Å². The zero-order valence-electron chi connectivity index (χ0n) is 38.2. The second-order valence-corrected chi connectivity index (χ2v) is 18.3. The van der Waals surface area contributed by atoms with Crippen LogP contribution in [0.2, 0.25) is 0 Å². The van der Waals surface area contributed by atoms with Gasteiger partial charge in [-0.1, -0.05) is 206 Å². The average molecular weight is 861 g/mol. The molecule has 0 heterocycles. The Kier molecular flexibility index (Phi) is 43.8. The molecule has 0 fully saturated rings. The second-order valence-electron chi connectivity index (χ2n) is 16.8. The molecule has 0 aromatic heterocycles. The molecule has 0 radical (unpaired) electrons. The van der Waals surface area contributed by atoms with Crippen LogP contribution in [0.15, 0.2) is 12.2 Å². The van der Waals surface area contributed by atoms with E-state index in [-0.39, 0.29) is 19.4 Å². The molecule has 0 aromatic rings. The predicted octanol–water partition coefficient (Wildman–Crippen LogP) is 13.6. The Bertz CT molecular complexity index is 993. The molecule has 3 N–H and O–H groups in total. The number of hydrogen-bond acceptors (Lipinski definition) is 9. The van der Waals surface area contributed by atoms with Crippen LogP contribution < -0.4 is 0 Å². The molecule has 59 heavy (non-hydrogen) atoms. The van der Waals surface area contributed by atoms with Crippen molar-refractivity contribution in [3.05, 3.63) is 12.2 Å². The van der Waals surface area contributed by atoms with Gasteiger partial charge in [0.1, 0.15) is 12.7 Å². The summed E-state index contributed by atoms with van der Waals surface area (Å²) >= 11 is 0. The van der Waals surface area contributed by atoms with Crippen molar-refractivity contribution in [2.45, 2.75) is 257 Å². The Morgan fingerprint density at radius 3 is 1.22 bits per heavy atom. The summed E-state index contributed by atoms with van der Waals surface area (Å²) in [6.45, 7) is 2.41. The highest BCUT2D eigenvalue weighted by Crippen LogP contribution is 2.43. The summed E-state index contributed by atoms with van der Waals surface area (Å²) in [6.07, 6.45) is 44.7. The van der Waals surface area contributed by atoms with Gasteiger partial charge in [-0.25, -0.2) is 4.57 Å². The van der Waals surface area contributed by atoms with Gasteiger partial charge in [-0.2, -0.15) is 0 Å². The number of esters is 2. The van der Waals surface area contributed by atoms with E-state index in [2.05, 4.69) is 26.0 Å². The summed E-state index contributed by atoms with van der Waals surface area (Å²) in [4.78, 5) is 35.1. The molecule has 0 amide bonds. The zero-order valence-corrected chi connectivity index (χ0v) is 39.1. The van der Waals surface area contributed by atoms with E-state index in [0.29, 0.717) is 12.8 Å². The molecule has 3 atom stereocenters. The van der Waals surface area contributed by atoms with E-state index in [1.807, 2.05) is 0 Å². The summed E-state index contributed by atoms with van der Waals surface area (Å²) < 4.78 is 32.8. The first-order chi connectivity index (χ1) is 28.7. The molecule has 0 bridgehead atoms. The fourth-order valence-corrected chi connectivity index (χ4v) is 7.90. The molecule has 0 rings (SSSR count). The van der Waals surface area contributed by atoms with Crippen LogP contribution in [-0.4, -0.2) is 65.7 Å². The SMILES string of the molecule is CCCCCCCC/C=C\CCCCCCCC(=O)OC(COC(=O)CCCCCCCCCCCCCCCCCCCCCCC)COP(=O)(O)OCC(O)CO. The van der Waals surface area contributed by atoms with E-state index in [0.717, 1.165) is 51.4 Å². The average Bonchev–Trinajstić information content (AvgIpc) is 3.22. The van der Waals surface area contributed by atoms with E-state index in [1.54, 1.807) is 0 Å². The van der Waals surface area contributed by atoms with Gasteiger partial charge >= 0.3 is 19.8 Å². The van der Waals surface area contributed by atoms with Gasteiger partial charge in [0.25, 0.3) is 0 Å². The Morgan fingerprint density at radius 1 is 0.492 bits per heavy atom. The van der Waals surface area contributed by atoms with Gasteiger partial charge in [0.2, 0.25) is 0 Å². The standard InChI is InChI=1S/C48H93O10P/c1-3-5-7-9-11-13-15-17-19-20-21-22-23-24-26-27-29-31-33-35-37-39-47(51)55-43-46(44-57-59(53,54)56-42-45(50)41-49)58-48(52)40-38-36-34-32-30-28-25-18-16-14-12-10-8-6-4-2/h18,25,45-46,49-50H,3-17,19-24,26-44H2,1-2H3,(H,53,54)/b25-18-. The lowest BCUT2D eigenvalue weighted by Gasteiger charge is -2.20. The Morgan fingerprint density at radius 2 is 0.831 bits per heavy atom. The Balaban J connectivity index is 4.15. The largest absolute Gasteiger partial charge is 0.472 e. The lowest BCUT2D eigenvalue weighted by molar-refractivity contribution is -0.161. The summed E-state index contributed by atoms with van der Waals surface area (Å²) in [7, 11) is -4.62. The fraction of sp³-hybridized carbons (Fsp3) is 0.917. The van der Waals surface area contributed by atoms with E-state index in [9.17, 15) is 24.2 Å². The van der Waals surface area contributed by atoms with Gasteiger partial charge in [0.15, 0.2) is 6.10 Å². The Hall–Kier alpha value is -1.29. The molecule has 11 heteroatoms. The van der Waals surface area contributed by atoms with Crippen LogP contribution in [0.5, 0.6) is 0 Å². The van der Waals surface area contributed by atoms with Gasteiger partial charge in [-0.3, -0.25) is 18.6 Å². The number of aliphatic hydroxyl groups is 2. The number of phosphoric ester groups is 1. The van der Waals surface area contributed by atoms with Crippen LogP contribution in [-0.2, 0) is 32.7 Å². The van der Waals surface area contributed by atoms with Gasteiger partial charge in [0.05, 0.1) is 19.8 Å². The second kappa shape index (κ2) is 44.8. The number of aliphatic hydroxyl groups excluding tert-OH is 2. The van der Waals surface area contributed by atoms with Crippen molar-refractivity contribution < 1.29 is 47.8 Å². The number of allylic oxidation sites excluding steroid dienone is 2. The van der Waals surface area contributed by atoms with Crippen molar-refractivity contribution in [2.24, 2.45) is 0 Å². The molecule has 10 nitrogen and oxygen atoms in total. The third kappa shape index (κ3) is 44.6. The molecule has 3 unspecified atom stereocenters. The minimum absolute atomic E-state index is 0.179. The van der Waals surface area contributed by atoms with E-state index < -0.39 is 51.8 Å². The van der Waals surface area contributed by atoms with E-state index in [4.69, 9.17) is 23.6 Å². The number of ether oxygens (including phenoxy) is 2. The Labute approximate surface area is 362 Å². The van der Waals surface area contributed by atoms with Gasteiger partial charge in [-0.15, -0.1) is 0 Å². The fourth-order valence-electron chi connectivity index (χ4n) is 7.11.